The molecular formula is C25H26N2O4S. The zero-order chi connectivity index (χ0) is 22.9. The SMILES string of the molecule is COC(=O)C[C@H]1c2ccccc2[C@@H](Nc2ccc(C)cc2)N1S(=O)(=O)c1ccc(C)cc1. The number of sulfonamides is 1. The van der Waals surface area contributed by atoms with E-state index < -0.39 is 28.2 Å². The van der Waals surface area contributed by atoms with Crippen molar-refractivity contribution in [3.05, 3.63) is 95.1 Å². The molecule has 0 radical (unpaired) electrons. The average molecular weight is 451 g/mol. The molecule has 166 valence electrons. The summed E-state index contributed by atoms with van der Waals surface area (Å²) in [5, 5.41) is 3.38. The van der Waals surface area contributed by atoms with Gasteiger partial charge in [-0.15, -0.1) is 0 Å². The molecule has 3 aromatic carbocycles. The van der Waals surface area contributed by atoms with Gasteiger partial charge < -0.3 is 10.1 Å². The number of nitrogens with one attached hydrogen (secondary N) is 1. The summed E-state index contributed by atoms with van der Waals surface area (Å²) in [5.74, 6) is -0.468. The number of rotatable bonds is 6. The van der Waals surface area contributed by atoms with E-state index in [1.54, 1.807) is 24.3 Å². The summed E-state index contributed by atoms with van der Waals surface area (Å²) >= 11 is 0. The number of carbonyl (C=O) groups excluding carboxylic acids is 1. The third-order valence-electron chi connectivity index (χ3n) is 5.75. The van der Waals surface area contributed by atoms with Crippen molar-refractivity contribution in [2.24, 2.45) is 0 Å². The molecule has 1 aliphatic heterocycles. The molecule has 0 spiro atoms. The Kier molecular flexibility index (Phi) is 6.04. The number of methoxy groups -OCH3 is 1. The Balaban J connectivity index is 1.84. The molecule has 0 saturated carbocycles. The molecule has 0 bridgehead atoms. The van der Waals surface area contributed by atoms with Crippen LogP contribution in [0.2, 0.25) is 0 Å². The Morgan fingerprint density at radius 1 is 0.906 bits per heavy atom. The van der Waals surface area contributed by atoms with E-state index >= 15 is 0 Å². The second kappa shape index (κ2) is 8.76. The number of aryl methyl sites for hydroxylation is 2. The third-order valence-corrected chi connectivity index (χ3v) is 7.64. The van der Waals surface area contributed by atoms with Gasteiger partial charge in [0, 0.05) is 5.69 Å². The predicted molar refractivity (Wildman–Crippen MR) is 124 cm³/mol. The number of nitrogens with zero attached hydrogens (tertiary/aromatic N) is 1. The summed E-state index contributed by atoms with van der Waals surface area (Å²) in [5.41, 5.74) is 4.47. The molecule has 32 heavy (non-hydrogen) atoms. The number of ether oxygens (including phenoxy) is 1. The molecule has 0 aromatic heterocycles. The van der Waals surface area contributed by atoms with E-state index in [4.69, 9.17) is 4.74 Å². The number of carbonyl (C=O) groups is 1. The largest absolute Gasteiger partial charge is 0.469 e. The van der Waals surface area contributed by atoms with Crippen molar-refractivity contribution < 1.29 is 17.9 Å². The van der Waals surface area contributed by atoms with Gasteiger partial charge in [-0.1, -0.05) is 59.7 Å². The van der Waals surface area contributed by atoms with Gasteiger partial charge in [-0.25, -0.2) is 8.42 Å². The van der Waals surface area contributed by atoms with Gasteiger partial charge in [0.05, 0.1) is 24.5 Å². The molecule has 3 aromatic rings. The van der Waals surface area contributed by atoms with Crippen molar-refractivity contribution >= 4 is 21.7 Å². The Morgan fingerprint density at radius 2 is 1.47 bits per heavy atom. The highest BCUT2D eigenvalue weighted by Gasteiger charge is 2.46. The first-order chi connectivity index (χ1) is 15.3. The summed E-state index contributed by atoms with van der Waals surface area (Å²) in [6.45, 7) is 3.90. The van der Waals surface area contributed by atoms with Gasteiger partial charge in [-0.2, -0.15) is 4.31 Å². The fourth-order valence-electron chi connectivity index (χ4n) is 4.05. The Hall–Kier alpha value is -3.16. The van der Waals surface area contributed by atoms with Crippen molar-refractivity contribution in [3.63, 3.8) is 0 Å². The van der Waals surface area contributed by atoms with Gasteiger partial charge in [-0.3, -0.25) is 4.79 Å². The molecule has 6 nitrogen and oxygen atoms in total. The van der Waals surface area contributed by atoms with Gasteiger partial charge >= 0.3 is 5.97 Å². The van der Waals surface area contributed by atoms with Crippen LogP contribution in [0.3, 0.4) is 0 Å². The number of esters is 1. The maximum absolute atomic E-state index is 13.9. The van der Waals surface area contributed by atoms with Crippen molar-refractivity contribution in [1.29, 1.82) is 0 Å². The second-order valence-corrected chi connectivity index (χ2v) is 9.83. The topological polar surface area (TPSA) is 75.7 Å². The van der Waals surface area contributed by atoms with E-state index in [1.165, 1.54) is 11.4 Å². The van der Waals surface area contributed by atoms with Gasteiger partial charge in [0.25, 0.3) is 0 Å². The summed E-state index contributed by atoms with van der Waals surface area (Å²) in [6, 6.07) is 21.3. The normalized spacial score (nSPS) is 18.2. The van der Waals surface area contributed by atoms with E-state index in [9.17, 15) is 13.2 Å². The van der Waals surface area contributed by atoms with E-state index in [1.807, 2.05) is 62.4 Å². The number of benzene rings is 3. The molecule has 0 saturated heterocycles. The van der Waals surface area contributed by atoms with Crippen LogP contribution in [0.1, 0.15) is 40.9 Å². The number of hydrogen-bond donors (Lipinski definition) is 1. The first kappa shape index (κ1) is 22.0. The van der Waals surface area contributed by atoms with Gasteiger partial charge in [0.2, 0.25) is 10.0 Å². The standard InChI is InChI=1S/C25H26N2O4S/c1-17-8-12-19(13-9-17)26-25-22-7-5-4-6-21(22)23(16-24(28)31-3)27(25)32(29,30)20-14-10-18(2)11-15-20/h4-15,23,25-26H,16H2,1-3H3/t23-,25-/m0/s1. The highest BCUT2D eigenvalue weighted by molar-refractivity contribution is 7.89. The molecule has 2 atom stereocenters. The highest BCUT2D eigenvalue weighted by Crippen LogP contribution is 2.47. The predicted octanol–water partition coefficient (Wildman–Crippen LogP) is 4.72. The minimum absolute atomic E-state index is 0.0787. The van der Waals surface area contributed by atoms with Crippen LogP contribution in [0.4, 0.5) is 5.69 Å². The first-order valence-corrected chi connectivity index (χ1v) is 11.8. The molecule has 1 heterocycles. The Labute approximate surface area is 188 Å². The van der Waals surface area contributed by atoms with Gasteiger partial charge in [0.1, 0.15) is 6.17 Å². The molecule has 0 unspecified atom stereocenters. The van der Waals surface area contributed by atoms with Crippen LogP contribution in [0.15, 0.2) is 77.7 Å². The third kappa shape index (κ3) is 4.13. The van der Waals surface area contributed by atoms with Crippen molar-refractivity contribution in [3.8, 4) is 0 Å². The number of hydrogen-bond acceptors (Lipinski definition) is 5. The van der Waals surface area contributed by atoms with E-state index in [0.717, 1.165) is 27.9 Å². The second-order valence-electron chi connectivity index (χ2n) is 7.99. The molecule has 0 amide bonds. The minimum Gasteiger partial charge on any atom is -0.469 e. The lowest BCUT2D eigenvalue weighted by molar-refractivity contribution is -0.141. The van der Waals surface area contributed by atoms with Crippen LogP contribution < -0.4 is 5.32 Å². The first-order valence-electron chi connectivity index (χ1n) is 10.4. The summed E-state index contributed by atoms with van der Waals surface area (Å²) in [7, 11) is -2.63. The fraction of sp³-hybridized carbons (Fsp3) is 0.240. The fourth-order valence-corrected chi connectivity index (χ4v) is 5.74. The number of anilines is 1. The van der Waals surface area contributed by atoms with Crippen LogP contribution in [0.5, 0.6) is 0 Å². The smallest absolute Gasteiger partial charge is 0.307 e. The van der Waals surface area contributed by atoms with Crippen molar-refractivity contribution in [2.45, 2.75) is 37.4 Å². The van der Waals surface area contributed by atoms with Crippen LogP contribution >= 0.6 is 0 Å². The molecule has 1 N–H and O–H groups in total. The molecule has 0 fully saturated rings. The van der Waals surface area contributed by atoms with E-state index in [2.05, 4.69) is 5.32 Å². The van der Waals surface area contributed by atoms with Crippen molar-refractivity contribution in [1.82, 2.24) is 4.31 Å². The van der Waals surface area contributed by atoms with E-state index in [-0.39, 0.29) is 11.3 Å². The minimum atomic E-state index is -3.94. The van der Waals surface area contributed by atoms with Crippen LogP contribution in [-0.4, -0.2) is 25.8 Å². The average Bonchev–Trinajstić information content (AvgIpc) is 3.09. The van der Waals surface area contributed by atoms with Crippen LogP contribution in [0.25, 0.3) is 0 Å². The Bertz CT molecular complexity index is 1220. The summed E-state index contributed by atoms with van der Waals surface area (Å²) in [4.78, 5) is 12.5. The summed E-state index contributed by atoms with van der Waals surface area (Å²) in [6.07, 6.45) is -0.750. The molecular weight excluding hydrogens is 424 g/mol. The zero-order valence-electron chi connectivity index (χ0n) is 18.3. The maximum Gasteiger partial charge on any atom is 0.307 e. The van der Waals surface area contributed by atoms with Crippen molar-refractivity contribution in [2.75, 3.05) is 12.4 Å². The monoisotopic (exact) mass is 450 g/mol. The molecule has 0 aliphatic carbocycles. The summed E-state index contributed by atoms with van der Waals surface area (Å²) < 4.78 is 34.1. The quantitative estimate of drug-likeness (QED) is 0.550. The zero-order valence-corrected chi connectivity index (χ0v) is 19.1. The van der Waals surface area contributed by atoms with Gasteiger partial charge in [0.15, 0.2) is 0 Å². The Morgan fingerprint density at radius 3 is 2.06 bits per heavy atom. The van der Waals surface area contributed by atoms with Crippen LogP contribution in [-0.2, 0) is 19.6 Å². The molecule has 1 aliphatic rings. The molecule has 4 rings (SSSR count). The van der Waals surface area contributed by atoms with Crippen LogP contribution in [0, 0.1) is 13.8 Å². The maximum atomic E-state index is 13.9. The van der Waals surface area contributed by atoms with E-state index in [0.29, 0.717) is 0 Å². The lowest BCUT2D eigenvalue weighted by Crippen LogP contribution is -2.37. The lowest BCUT2D eigenvalue weighted by Gasteiger charge is -2.30. The highest BCUT2D eigenvalue weighted by atomic mass is 32.2. The number of fused-ring (bicyclic) bond motifs is 1. The lowest BCUT2D eigenvalue weighted by atomic mass is 10.0. The van der Waals surface area contributed by atoms with Gasteiger partial charge in [-0.05, 0) is 49.2 Å². The molecule has 7 heteroatoms.